The highest BCUT2D eigenvalue weighted by atomic mass is 32.1. The Morgan fingerprint density at radius 1 is 1.50 bits per heavy atom. The lowest BCUT2D eigenvalue weighted by atomic mass is 9.64. The largest absolute Gasteiger partial charge is 0.389 e. The molecular weight excluding hydrogens is 268 g/mol. The number of aryl methyl sites for hydroxylation is 1. The van der Waals surface area contributed by atoms with E-state index in [1.54, 1.807) is 0 Å². The molecule has 110 valence electrons. The second-order valence-corrected chi connectivity index (χ2v) is 6.55. The molecule has 1 aromatic carbocycles. The molecule has 2 rings (SSSR count). The molecule has 4 heteroatoms. The highest BCUT2D eigenvalue weighted by molar-refractivity contribution is 7.80. The van der Waals surface area contributed by atoms with Gasteiger partial charge in [-0.15, -0.1) is 0 Å². The number of nitrogens with two attached hydrogens (primary N) is 1. The van der Waals surface area contributed by atoms with Crippen molar-refractivity contribution in [1.29, 1.82) is 0 Å². The summed E-state index contributed by atoms with van der Waals surface area (Å²) in [6.45, 7) is 9.37. The molecule has 0 heterocycles. The van der Waals surface area contributed by atoms with Crippen molar-refractivity contribution >= 4 is 22.9 Å². The second-order valence-electron chi connectivity index (χ2n) is 6.11. The number of hydrogen-bond acceptors (Lipinski definition) is 3. The van der Waals surface area contributed by atoms with Gasteiger partial charge in [-0.2, -0.15) is 0 Å². The zero-order valence-corrected chi connectivity index (χ0v) is 13.5. The van der Waals surface area contributed by atoms with Crippen LogP contribution in [-0.4, -0.2) is 23.7 Å². The summed E-state index contributed by atoms with van der Waals surface area (Å²) in [6, 6.07) is 6.52. The van der Waals surface area contributed by atoms with Crippen LogP contribution in [-0.2, 0) is 4.74 Å². The van der Waals surface area contributed by atoms with Crippen LogP contribution in [0.4, 0.5) is 5.69 Å². The average Bonchev–Trinajstić information content (AvgIpc) is 2.37. The fourth-order valence-electron chi connectivity index (χ4n) is 2.79. The van der Waals surface area contributed by atoms with Crippen molar-refractivity contribution in [2.45, 2.75) is 46.3 Å². The maximum absolute atomic E-state index is 5.81. The number of ether oxygens (including phenoxy) is 1. The molecular formula is C16H24N2OS. The van der Waals surface area contributed by atoms with Gasteiger partial charge in [0.15, 0.2) is 0 Å². The Hall–Kier alpha value is -1.13. The van der Waals surface area contributed by atoms with E-state index < -0.39 is 0 Å². The molecule has 2 unspecified atom stereocenters. The number of benzene rings is 1. The minimum Gasteiger partial charge on any atom is -0.389 e. The molecule has 3 nitrogen and oxygen atoms in total. The first kappa shape index (κ1) is 15.3. The summed E-state index contributed by atoms with van der Waals surface area (Å²) >= 11 is 5.13. The van der Waals surface area contributed by atoms with Crippen molar-refractivity contribution in [2.24, 2.45) is 11.1 Å². The molecule has 20 heavy (non-hydrogen) atoms. The first-order valence-corrected chi connectivity index (χ1v) is 7.55. The molecule has 1 aromatic rings. The molecule has 1 fully saturated rings. The second kappa shape index (κ2) is 5.70. The molecule has 0 spiro atoms. The van der Waals surface area contributed by atoms with Crippen molar-refractivity contribution in [3.63, 3.8) is 0 Å². The number of thiocarbonyl (C=S) groups is 1. The van der Waals surface area contributed by atoms with Crippen LogP contribution in [0.5, 0.6) is 0 Å². The van der Waals surface area contributed by atoms with Gasteiger partial charge in [-0.1, -0.05) is 32.1 Å². The summed E-state index contributed by atoms with van der Waals surface area (Å²) in [5, 5.41) is 3.60. The normalized spacial score (nSPS) is 24.0. The van der Waals surface area contributed by atoms with Gasteiger partial charge in [0.2, 0.25) is 0 Å². The zero-order valence-electron chi connectivity index (χ0n) is 12.7. The SMILES string of the molecule is CCOC1CC(Nc2cc(C)ccc2C(N)=S)C1(C)C. The number of rotatable bonds is 5. The van der Waals surface area contributed by atoms with Crippen LogP contribution in [0.3, 0.4) is 0 Å². The third-order valence-electron chi connectivity index (χ3n) is 4.32. The van der Waals surface area contributed by atoms with Crippen LogP contribution in [0.15, 0.2) is 18.2 Å². The Bertz CT molecular complexity index is 513. The predicted molar refractivity (Wildman–Crippen MR) is 88.3 cm³/mol. The minimum atomic E-state index is 0.118. The quantitative estimate of drug-likeness (QED) is 0.818. The van der Waals surface area contributed by atoms with Crippen LogP contribution in [0.2, 0.25) is 0 Å². The van der Waals surface area contributed by atoms with E-state index in [0.29, 0.717) is 17.1 Å². The van der Waals surface area contributed by atoms with Crippen LogP contribution in [0.25, 0.3) is 0 Å². The highest BCUT2D eigenvalue weighted by Gasteiger charge is 2.49. The van der Waals surface area contributed by atoms with Gasteiger partial charge in [0, 0.05) is 29.3 Å². The molecule has 1 aliphatic carbocycles. The topological polar surface area (TPSA) is 47.3 Å². The lowest BCUT2D eigenvalue weighted by molar-refractivity contribution is -0.0975. The molecule has 2 atom stereocenters. The Morgan fingerprint density at radius 2 is 2.20 bits per heavy atom. The van der Waals surface area contributed by atoms with Crippen LogP contribution in [0, 0.1) is 12.3 Å². The van der Waals surface area contributed by atoms with E-state index in [9.17, 15) is 0 Å². The van der Waals surface area contributed by atoms with Crippen molar-refractivity contribution < 1.29 is 4.74 Å². The monoisotopic (exact) mass is 292 g/mol. The Morgan fingerprint density at radius 3 is 2.75 bits per heavy atom. The van der Waals surface area contributed by atoms with E-state index >= 15 is 0 Å². The van der Waals surface area contributed by atoms with Gasteiger partial charge in [0.05, 0.1) is 6.10 Å². The first-order valence-electron chi connectivity index (χ1n) is 7.14. The van der Waals surface area contributed by atoms with Gasteiger partial charge in [0.25, 0.3) is 0 Å². The molecule has 0 aromatic heterocycles. The molecule has 0 saturated heterocycles. The summed E-state index contributed by atoms with van der Waals surface area (Å²) < 4.78 is 5.77. The molecule has 3 N–H and O–H groups in total. The van der Waals surface area contributed by atoms with Gasteiger partial charge in [-0.25, -0.2) is 0 Å². The third-order valence-corrected chi connectivity index (χ3v) is 4.54. The van der Waals surface area contributed by atoms with E-state index in [0.717, 1.165) is 24.3 Å². The molecule has 0 aliphatic heterocycles. The Labute approximate surface area is 126 Å². The standard InChI is InChI=1S/C16H24N2OS/c1-5-19-14-9-13(16(14,3)4)18-12-8-10(2)6-7-11(12)15(17)20/h6-8,13-14,18H,5,9H2,1-4H3,(H2,17,20). The van der Waals surface area contributed by atoms with Crippen LogP contribution < -0.4 is 11.1 Å². The zero-order chi connectivity index (χ0) is 14.9. The average molecular weight is 292 g/mol. The molecule has 0 amide bonds. The summed E-state index contributed by atoms with van der Waals surface area (Å²) in [4.78, 5) is 0.436. The van der Waals surface area contributed by atoms with Gasteiger partial charge in [-0.3, -0.25) is 0 Å². The van der Waals surface area contributed by atoms with Crippen LogP contribution >= 0.6 is 12.2 Å². The third kappa shape index (κ3) is 2.81. The number of nitrogens with one attached hydrogen (secondary N) is 1. The summed E-state index contributed by atoms with van der Waals surface area (Å²) in [6.07, 6.45) is 1.34. The van der Waals surface area contributed by atoms with E-state index in [1.807, 2.05) is 19.1 Å². The van der Waals surface area contributed by atoms with E-state index in [-0.39, 0.29) is 5.41 Å². The predicted octanol–water partition coefficient (Wildman–Crippen LogP) is 3.24. The van der Waals surface area contributed by atoms with Crippen molar-refractivity contribution in [3.8, 4) is 0 Å². The molecule has 0 radical (unpaired) electrons. The summed E-state index contributed by atoms with van der Waals surface area (Å²) in [5.41, 5.74) is 9.08. The fourth-order valence-corrected chi connectivity index (χ4v) is 2.97. The molecule has 1 aliphatic rings. The molecule has 0 bridgehead atoms. The van der Waals surface area contributed by atoms with Gasteiger partial charge >= 0.3 is 0 Å². The lowest BCUT2D eigenvalue weighted by Gasteiger charge is -2.52. The highest BCUT2D eigenvalue weighted by Crippen LogP contribution is 2.44. The fraction of sp³-hybridized carbons (Fsp3) is 0.562. The minimum absolute atomic E-state index is 0.118. The maximum atomic E-state index is 5.81. The van der Waals surface area contributed by atoms with E-state index in [2.05, 4.69) is 32.2 Å². The number of anilines is 1. The number of hydrogen-bond donors (Lipinski definition) is 2. The maximum Gasteiger partial charge on any atom is 0.106 e. The Kier molecular flexibility index (Phi) is 4.35. The van der Waals surface area contributed by atoms with Gasteiger partial charge in [0.1, 0.15) is 4.99 Å². The van der Waals surface area contributed by atoms with E-state index in [1.165, 1.54) is 5.56 Å². The van der Waals surface area contributed by atoms with Gasteiger partial charge in [-0.05, 0) is 38.0 Å². The Balaban J connectivity index is 2.16. The summed E-state index contributed by atoms with van der Waals surface area (Å²) in [7, 11) is 0. The molecule has 1 saturated carbocycles. The van der Waals surface area contributed by atoms with Gasteiger partial charge < -0.3 is 15.8 Å². The first-order chi connectivity index (χ1) is 9.36. The van der Waals surface area contributed by atoms with Crippen molar-refractivity contribution in [3.05, 3.63) is 29.3 Å². The van der Waals surface area contributed by atoms with E-state index in [4.69, 9.17) is 22.7 Å². The summed E-state index contributed by atoms with van der Waals surface area (Å²) in [5.74, 6) is 0. The smallest absolute Gasteiger partial charge is 0.106 e. The lowest BCUT2D eigenvalue weighted by Crippen LogP contribution is -2.58. The van der Waals surface area contributed by atoms with Crippen molar-refractivity contribution in [2.75, 3.05) is 11.9 Å². The van der Waals surface area contributed by atoms with Crippen LogP contribution in [0.1, 0.15) is 38.3 Å². The van der Waals surface area contributed by atoms with Crippen molar-refractivity contribution in [1.82, 2.24) is 0 Å².